The molecule has 2 unspecified atom stereocenters. The van der Waals surface area contributed by atoms with Crippen LogP contribution in [-0.4, -0.2) is 40.3 Å². The molecule has 0 bridgehead atoms. The number of carbonyl (C=O) groups excluding carboxylic acids is 2. The fourth-order valence-corrected chi connectivity index (χ4v) is 2.20. The van der Waals surface area contributed by atoms with Gasteiger partial charge in [-0.2, -0.15) is 0 Å². The maximum atomic E-state index is 11.6. The molecular weight excluding hydrogens is 262 g/mol. The molecule has 0 radical (unpaired) electrons. The van der Waals surface area contributed by atoms with Crippen molar-refractivity contribution in [1.82, 2.24) is 10.8 Å². The van der Waals surface area contributed by atoms with Crippen LogP contribution in [0.1, 0.15) is 26.2 Å². The molecule has 0 saturated heterocycles. The van der Waals surface area contributed by atoms with Gasteiger partial charge in [0.15, 0.2) is 0 Å². The van der Waals surface area contributed by atoms with Crippen LogP contribution in [0.15, 0.2) is 23.8 Å². The highest BCUT2D eigenvalue weighted by Crippen LogP contribution is 2.29. The predicted molar refractivity (Wildman–Crippen MR) is 72.6 cm³/mol. The van der Waals surface area contributed by atoms with Crippen molar-refractivity contribution in [3.05, 3.63) is 23.8 Å². The first-order chi connectivity index (χ1) is 9.47. The van der Waals surface area contributed by atoms with Gasteiger partial charge in [0, 0.05) is 6.42 Å². The monoisotopic (exact) mass is 283 g/mol. The van der Waals surface area contributed by atoms with Crippen molar-refractivity contribution in [2.75, 3.05) is 6.54 Å². The number of hydroxylamine groups is 1. The van der Waals surface area contributed by atoms with E-state index in [4.69, 9.17) is 10.9 Å². The van der Waals surface area contributed by atoms with Gasteiger partial charge in [-0.05, 0) is 13.0 Å². The number of carbonyl (C=O) groups is 2. The molecule has 2 amide bonds. The first-order valence-electron chi connectivity index (χ1n) is 6.54. The molecule has 0 saturated carbocycles. The highest BCUT2D eigenvalue weighted by molar-refractivity contribution is 5.97. The number of hydrogen-bond donors (Lipinski definition) is 5. The van der Waals surface area contributed by atoms with Gasteiger partial charge in [0.25, 0.3) is 5.91 Å². The molecule has 0 aromatic heterocycles. The van der Waals surface area contributed by atoms with Gasteiger partial charge in [-0.1, -0.05) is 31.6 Å². The average Bonchev–Trinajstić information content (AvgIpc) is 2.42. The first kappa shape index (κ1) is 16.4. The Labute approximate surface area is 117 Å². The zero-order valence-electron chi connectivity index (χ0n) is 11.4. The van der Waals surface area contributed by atoms with Crippen molar-refractivity contribution < 1.29 is 19.9 Å². The van der Waals surface area contributed by atoms with Crippen LogP contribution in [0.4, 0.5) is 0 Å². The summed E-state index contributed by atoms with van der Waals surface area (Å²) in [5.41, 5.74) is 4.92. The van der Waals surface area contributed by atoms with Crippen LogP contribution in [0.3, 0.4) is 0 Å². The van der Waals surface area contributed by atoms with E-state index >= 15 is 0 Å². The molecule has 0 heterocycles. The Bertz CT molecular complexity index is 433. The highest BCUT2D eigenvalue weighted by atomic mass is 16.5. The third-order valence-electron chi connectivity index (χ3n) is 3.28. The fourth-order valence-electron chi connectivity index (χ4n) is 2.20. The summed E-state index contributed by atoms with van der Waals surface area (Å²) < 4.78 is 0. The van der Waals surface area contributed by atoms with E-state index in [0.717, 1.165) is 12.8 Å². The minimum absolute atomic E-state index is 0.0545. The molecule has 6 N–H and O–H groups in total. The number of rotatable bonds is 7. The van der Waals surface area contributed by atoms with Gasteiger partial charge in [-0.3, -0.25) is 14.8 Å². The lowest BCUT2D eigenvalue weighted by Gasteiger charge is -2.36. The summed E-state index contributed by atoms with van der Waals surface area (Å²) in [7, 11) is 0. The van der Waals surface area contributed by atoms with E-state index < -0.39 is 23.5 Å². The van der Waals surface area contributed by atoms with Crippen molar-refractivity contribution in [2.45, 2.75) is 37.8 Å². The van der Waals surface area contributed by atoms with Gasteiger partial charge in [-0.25, -0.2) is 5.48 Å². The van der Waals surface area contributed by atoms with Gasteiger partial charge in [0.1, 0.15) is 11.6 Å². The second-order valence-corrected chi connectivity index (χ2v) is 4.72. The Morgan fingerprint density at radius 3 is 2.80 bits per heavy atom. The molecule has 0 fully saturated rings. The van der Waals surface area contributed by atoms with E-state index in [1.54, 1.807) is 12.2 Å². The number of allylic oxidation sites excluding steroid dienone is 2. The van der Waals surface area contributed by atoms with Gasteiger partial charge < -0.3 is 16.2 Å². The minimum atomic E-state index is -1.78. The zero-order chi connectivity index (χ0) is 15.2. The van der Waals surface area contributed by atoms with E-state index in [1.165, 1.54) is 11.6 Å². The summed E-state index contributed by atoms with van der Waals surface area (Å²) in [5, 5.41) is 22.3. The molecule has 112 valence electrons. The van der Waals surface area contributed by atoms with Crippen LogP contribution in [0.5, 0.6) is 0 Å². The lowest BCUT2D eigenvalue weighted by atomic mass is 9.79. The smallest absolute Gasteiger partial charge is 0.273 e. The molecule has 20 heavy (non-hydrogen) atoms. The first-order valence-corrected chi connectivity index (χ1v) is 6.54. The average molecular weight is 283 g/mol. The summed E-state index contributed by atoms with van der Waals surface area (Å²) in [6.45, 7) is 2.48. The predicted octanol–water partition coefficient (Wildman–Crippen LogP) is -0.647. The third kappa shape index (κ3) is 3.44. The number of nitrogens with two attached hydrogens (primary N) is 1. The quantitative estimate of drug-likeness (QED) is 0.241. The molecule has 0 aromatic carbocycles. The molecule has 7 heteroatoms. The van der Waals surface area contributed by atoms with E-state index in [2.05, 4.69) is 5.32 Å². The van der Waals surface area contributed by atoms with Gasteiger partial charge in [-0.15, -0.1) is 0 Å². The molecule has 2 atom stereocenters. The maximum absolute atomic E-state index is 11.6. The van der Waals surface area contributed by atoms with Crippen LogP contribution in [0, 0.1) is 0 Å². The third-order valence-corrected chi connectivity index (χ3v) is 3.28. The molecule has 0 spiro atoms. The van der Waals surface area contributed by atoms with Crippen LogP contribution < -0.4 is 16.5 Å². The van der Waals surface area contributed by atoms with Crippen LogP contribution in [-0.2, 0) is 9.59 Å². The molecule has 7 nitrogen and oxygen atoms in total. The minimum Gasteiger partial charge on any atom is -0.382 e. The number of nitrogens with one attached hydrogen (secondary N) is 2. The van der Waals surface area contributed by atoms with Crippen LogP contribution in [0.25, 0.3) is 0 Å². The normalized spacial score (nSPS) is 23.1. The van der Waals surface area contributed by atoms with Gasteiger partial charge in [0.2, 0.25) is 5.91 Å². The van der Waals surface area contributed by atoms with Crippen molar-refractivity contribution in [2.24, 2.45) is 5.73 Å². The van der Waals surface area contributed by atoms with Gasteiger partial charge in [0.05, 0.1) is 5.57 Å². The van der Waals surface area contributed by atoms with Gasteiger partial charge >= 0.3 is 0 Å². The second kappa shape index (κ2) is 7.18. The van der Waals surface area contributed by atoms with Crippen LogP contribution in [0.2, 0.25) is 0 Å². The topological polar surface area (TPSA) is 125 Å². The molecule has 1 rings (SSSR count). The summed E-state index contributed by atoms with van der Waals surface area (Å²) in [6.07, 6.45) is 6.33. The summed E-state index contributed by atoms with van der Waals surface area (Å²) in [5.74, 6) is -1.61. The van der Waals surface area contributed by atoms with Crippen molar-refractivity contribution in [3.8, 4) is 0 Å². The molecule has 0 aromatic rings. The van der Waals surface area contributed by atoms with Crippen molar-refractivity contribution >= 4 is 11.8 Å². The highest BCUT2D eigenvalue weighted by Gasteiger charge is 2.45. The van der Waals surface area contributed by atoms with E-state index in [9.17, 15) is 14.7 Å². The number of amides is 2. The van der Waals surface area contributed by atoms with Crippen molar-refractivity contribution in [1.29, 1.82) is 0 Å². The molecule has 1 aliphatic carbocycles. The van der Waals surface area contributed by atoms with E-state index in [-0.39, 0.29) is 12.0 Å². The SMILES string of the molecule is CCCCNC(C(N)=O)C1(O)CC=CC=C1C(=O)NO. The Hall–Kier alpha value is -1.70. The fraction of sp³-hybridized carbons (Fsp3) is 0.538. The number of aliphatic hydroxyl groups is 1. The number of unbranched alkanes of at least 4 members (excludes halogenated alkanes) is 1. The van der Waals surface area contributed by atoms with Crippen molar-refractivity contribution in [3.63, 3.8) is 0 Å². The van der Waals surface area contributed by atoms with E-state index in [1.807, 2.05) is 6.92 Å². The number of hydrogen-bond acceptors (Lipinski definition) is 5. The molecule has 1 aliphatic rings. The Morgan fingerprint density at radius 1 is 1.55 bits per heavy atom. The second-order valence-electron chi connectivity index (χ2n) is 4.72. The lowest BCUT2D eigenvalue weighted by Crippen LogP contribution is -2.60. The lowest BCUT2D eigenvalue weighted by molar-refractivity contribution is -0.131. The van der Waals surface area contributed by atoms with Crippen LogP contribution >= 0.6 is 0 Å². The maximum Gasteiger partial charge on any atom is 0.273 e. The largest absolute Gasteiger partial charge is 0.382 e. The summed E-state index contributed by atoms with van der Waals surface area (Å²) in [6, 6.07) is -1.11. The Balaban J connectivity index is 3.02. The standard InChI is InChI=1S/C13H21N3O4/c1-2-3-8-15-10(11(14)17)13(19)7-5-4-6-9(13)12(18)16-20/h4-6,10,15,19-20H,2-3,7-8H2,1H3,(H2,14,17)(H,16,18). The summed E-state index contributed by atoms with van der Waals surface area (Å²) >= 11 is 0. The van der Waals surface area contributed by atoms with E-state index in [0.29, 0.717) is 6.54 Å². The number of primary amides is 1. The molecule has 0 aliphatic heterocycles. The Kier molecular flexibility index (Phi) is 5.87. The Morgan fingerprint density at radius 2 is 2.25 bits per heavy atom. The molecular formula is C13H21N3O4. The zero-order valence-corrected chi connectivity index (χ0v) is 11.4. The summed E-state index contributed by atoms with van der Waals surface area (Å²) in [4.78, 5) is 23.2.